The van der Waals surface area contributed by atoms with Crippen molar-refractivity contribution in [1.29, 1.82) is 0 Å². The van der Waals surface area contributed by atoms with E-state index in [1.54, 1.807) is 19.3 Å². The molecule has 0 bridgehead atoms. The maximum atomic E-state index is 2.61. The first-order chi connectivity index (χ1) is 8.65. The van der Waals surface area contributed by atoms with Crippen LogP contribution in [0.1, 0.15) is 66.2 Å². The van der Waals surface area contributed by atoms with E-state index in [9.17, 15) is 0 Å². The van der Waals surface area contributed by atoms with Gasteiger partial charge in [0.05, 0.1) is 0 Å². The number of hydrogen-bond donors (Lipinski definition) is 0. The Kier molecular flexibility index (Phi) is 3.49. The standard InChI is InChI=1S/C18H32/c1-5-15-11(2)12(3)18-13(4)16-9-7-6-8-14(16)10-17(15)18/h11-18H,5-10H2,1-4H3/t11?,12?,13?,14-,15?,16+,17?,18?/m1/s1. The molecule has 0 saturated heterocycles. The molecule has 3 rings (SSSR count). The predicted octanol–water partition coefficient (Wildman–Crippen LogP) is 5.38. The molecule has 3 aliphatic rings. The molecule has 0 N–H and O–H groups in total. The molecular formula is C18H32. The second-order valence-electron chi connectivity index (χ2n) is 7.83. The predicted molar refractivity (Wildman–Crippen MR) is 78.3 cm³/mol. The van der Waals surface area contributed by atoms with Crippen molar-refractivity contribution in [2.45, 2.75) is 66.2 Å². The van der Waals surface area contributed by atoms with E-state index in [-0.39, 0.29) is 0 Å². The molecule has 0 spiro atoms. The van der Waals surface area contributed by atoms with Crippen LogP contribution in [0.4, 0.5) is 0 Å². The van der Waals surface area contributed by atoms with Gasteiger partial charge in [-0.1, -0.05) is 53.4 Å². The quantitative estimate of drug-likeness (QED) is 0.584. The molecule has 0 radical (unpaired) electrons. The van der Waals surface area contributed by atoms with Crippen LogP contribution >= 0.6 is 0 Å². The highest BCUT2D eigenvalue weighted by molar-refractivity contribution is 5.01. The number of fused-ring (bicyclic) bond motifs is 2. The van der Waals surface area contributed by atoms with Crippen LogP contribution in [0.25, 0.3) is 0 Å². The molecule has 104 valence electrons. The van der Waals surface area contributed by atoms with E-state index in [0.717, 1.165) is 47.3 Å². The molecule has 0 aromatic carbocycles. The van der Waals surface area contributed by atoms with Gasteiger partial charge < -0.3 is 0 Å². The molecule has 0 aromatic rings. The highest BCUT2D eigenvalue weighted by atomic mass is 14.6. The minimum absolute atomic E-state index is 0.979. The maximum Gasteiger partial charge on any atom is -0.0326 e. The summed E-state index contributed by atoms with van der Waals surface area (Å²) in [6.45, 7) is 10.2. The zero-order chi connectivity index (χ0) is 12.9. The van der Waals surface area contributed by atoms with Crippen LogP contribution in [0.3, 0.4) is 0 Å². The van der Waals surface area contributed by atoms with Crippen LogP contribution in [0.2, 0.25) is 0 Å². The molecule has 8 atom stereocenters. The fraction of sp³-hybridized carbons (Fsp3) is 1.00. The third kappa shape index (κ3) is 1.78. The van der Waals surface area contributed by atoms with Crippen LogP contribution < -0.4 is 0 Å². The lowest BCUT2D eigenvalue weighted by Gasteiger charge is -2.48. The highest BCUT2D eigenvalue weighted by Gasteiger charge is 2.53. The Morgan fingerprint density at radius 3 is 2.28 bits per heavy atom. The summed E-state index contributed by atoms with van der Waals surface area (Å²) >= 11 is 0. The van der Waals surface area contributed by atoms with Crippen LogP contribution in [0.15, 0.2) is 0 Å². The van der Waals surface area contributed by atoms with Gasteiger partial charge in [-0.3, -0.25) is 0 Å². The minimum Gasteiger partial charge on any atom is -0.0651 e. The average Bonchev–Trinajstić information content (AvgIpc) is 2.62. The first kappa shape index (κ1) is 13.0. The van der Waals surface area contributed by atoms with Crippen molar-refractivity contribution in [1.82, 2.24) is 0 Å². The summed E-state index contributed by atoms with van der Waals surface area (Å²) in [5.41, 5.74) is 0. The van der Waals surface area contributed by atoms with Crippen molar-refractivity contribution in [2.75, 3.05) is 0 Å². The molecule has 18 heavy (non-hydrogen) atoms. The first-order valence-corrected chi connectivity index (χ1v) is 8.65. The van der Waals surface area contributed by atoms with E-state index in [0.29, 0.717) is 0 Å². The lowest BCUT2D eigenvalue weighted by Crippen LogP contribution is -2.41. The summed E-state index contributed by atoms with van der Waals surface area (Å²) in [5.74, 6) is 8.34. The van der Waals surface area contributed by atoms with Crippen molar-refractivity contribution in [3.63, 3.8) is 0 Å². The van der Waals surface area contributed by atoms with E-state index in [1.807, 2.05) is 0 Å². The molecule has 6 unspecified atom stereocenters. The topological polar surface area (TPSA) is 0 Å². The Balaban J connectivity index is 1.86. The van der Waals surface area contributed by atoms with Crippen molar-refractivity contribution >= 4 is 0 Å². The maximum absolute atomic E-state index is 2.61. The third-order valence-corrected chi connectivity index (χ3v) is 7.45. The van der Waals surface area contributed by atoms with Crippen LogP contribution in [0, 0.1) is 47.3 Å². The molecule has 3 saturated carbocycles. The minimum atomic E-state index is 0.979. The van der Waals surface area contributed by atoms with Gasteiger partial charge in [-0.2, -0.15) is 0 Å². The summed E-state index contributed by atoms with van der Waals surface area (Å²) in [6.07, 6.45) is 9.16. The average molecular weight is 248 g/mol. The molecule has 3 aliphatic carbocycles. The largest absolute Gasteiger partial charge is 0.0651 e. The van der Waals surface area contributed by atoms with E-state index in [2.05, 4.69) is 27.7 Å². The first-order valence-electron chi connectivity index (χ1n) is 8.65. The van der Waals surface area contributed by atoms with Crippen LogP contribution in [0.5, 0.6) is 0 Å². The molecule has 0 nitrogen and oxygen atoms in total. The molecule has 0 heteroatoms. The molecule has 0 aromatic heterocycles. The Morgan fingerprint density at radius 1 is 0.833 bits per heavy atom. The van der Waals surface area contributed by atoms with Gasteiger partial charge in [0.1, 0.15) is 0 Å². The van der Waals surface area contributed by atoms with Crippen LogP contribution in [-0.4, -0.2) is 0 Å². The van der Waals surface area contributed by atoms with Gasteiger partial charge in [0.15, 0.2) is 0 Å². The number of hydrogen-bond acceptors (Lipinski definition) is 0. The lowest BCUT2D eigenvalue weighted by atomic mass is 9.57. The third-order valence-electron chi connectivity index (χ3n) is 7.45. The molecular weight excluding hydrogens is 216 g/mol. The Labute approximate surface area is 114 Å². The van der Waals surface area contributed by atoms with E-state index >= 15 is 0 Å². The number of rotatable bonds is 1. The van der Waals surface area contributed by atoms with Gasteiger partial charge in [-0.25, -0.2) is 0 Å². The van der Waals surface area contributed by atoms with Crippen molar-refractivity contribution < 1.29 is 0 Å². The second-order valence-corrected chi connectivity index (χ2v) is 7.83. The van der Waals surface area contributed by atoms with E-state index < -0.39 is 0 Å². The van der Waals surface area contributed by atoms with Gasteiger partial charge in [-0.05, 0) is 60.2 Å². The summed E-state index contributed by atoms with van der Waals surface area (Å²) in [7, 11) is 0. The summed E-state index contributed by atoms with van der Waals surface area (Å²) in [6, 6.07) is 0. The fourth-order valence-corrected chi connectivity index (χ4v) is 6.54. The Morgan fingerprint density at radius 2 is 1.56 bits per heavy atom. The van der Waals surface area contributed by atoms with Crippen molar-refractivity contribution in [3.8, 4) is 0 Å². The lowest BCUT2D eigenvalue weighted by molar-refractivity contribution is 0.00944. The van der Waals surface area contributed by atoms with E-state index in [1.165, 1.54) is 19.3 Å². The molecule has 0 aliphatic heterocycles. The Bertz CT molecular complexity index is 294. The molecule has 0 heterocycles. The summed E-state index contributed by atoms with van der Waals surface area (Å²) in [4.78, 5) is 0. The van der Waals surface area contributed by atoms with Gasteiger partial charge in [0, 0.05) is 0 Å². The van der Waals surface area contributed by atoms with Gasteiger partial charge >= 0.3 is 0 Å². The zero-order valence-corrected chi connectivity index (χ0v) is 12.9. The summed E-state index contributed by atoms with van der Waals surface area (Å²) in [5, 5.41) is 0. The zero-order valence-electron chi connectivity index (χ0n) is 12.9. The smallest absolute Gasteiger partial charge is 0.0326 e. The Hall–Kier alpha value is 0. The molecule has 3 fully saturated rings. The van der Waals surface area contributed by atoms with E-state index in [4.69, 9.17) is 0 Å². The molecule has 0 amide bonds. The van der Waals surface area contributed by atoms with Gasteiger partial charge in [0.2, 0.25) is 0 Å². The van der Waals surface area contributed by atoms with Crippen molar-refractivity contribution in [3.05, 3.63) is 0 Å². The summed E-state index contributed by atoms with van der Waals surface area (Å²) < 4.78 is 0. The highest BCUT2D eigenvalue weighted by Crippen LogP contribution is 2.60. The SMILES string of the molecule is CCC1C(C)C(C)C2C1C[C@H]1CCCC[C@H]1C2C. The van der Waals surface area contributed by atoms with Crippen molar-refractivity contribution in [2.24, 2.45) is 47.3 Å². The monoisotopic (exact) mass is 248 g/mol. The van der Waals surface area contributed by atoms with Gasteiger partial charge in [-0.15, -0.1) is 0 Å². The normalized spacial score (nSPS) is 56.0. The van der Waals surface area contributed by atoms with Crippen LogP contribution in [-0.2, 0) is 0 Å². The fourth-order valence-electron chi connectivity index (χ4n) is 6.54. The second kappa shape index (κ2) is 4.84. The van der Waals surface area contributed by atoms with Gasteiger partial charge in [0.25, 0.3) is 0 Å².